The van der Waals surface area contributed by atoms with Crippen molar-refractivity contribution in [3.8, 4) is 5.75 Å². The Hall–Kier alpha value is -1.07. The Morgan fingerprint density at radius 1 is 0.879 bits per heavy atom. The highest BCUT2D eigenvalue weighted by molar-refractivity contribution is 7.89. The number of rotatable bonds is 7. The molecule has 1 aromatic rings. The van der Waals surface area contributed by atoms with E-state index in [9.17, 15) is 8.42 Å². The van der Waals surface area contributed by atoms with Gasteiger partial charge in [0, 0.05) is 17.5 Å². The van der Waals surface area contributed by atoms with Gasteiger partial charge >= 0.3 is 0 Å². The second-order valence-corrected chi connectivity index (χ2v) is 13.8. The monoisotopic (exact) mass is 473 g/mol. The van der Waals surface area contributed by atoms with E-state index in [0.29, 0.717) is 5.92 Å². The molecule has 0 heterocycles. The molecule has 1 aromatic carbocycles. The number of sulfonamides is 1. The van der Waals surface area contributed by atoms with E-state index in [2.05, 4.69) is 18.2 Å². The maximum absolute atomic E-state index is 14.4. The minimum absolute atomic E-state index is 0.0235. The molecule has 2 bridgehead atoms. The zero-order valence-corrected chi connectivity index (χ0v) is 21.5. The zero-order valence-electron chi connectivity index (χ0n) is 20.7. The number of hydrogen-bond donors (Lipinski definition) is 0. The molecule has 5 rings (SSSR count). The molecular weight excluding hydrogens is 430 g/mol. The molecule has 0 N–H and O–H groups in total. The van der Waals surface area contributed by atoms with E-state index < -0.39 is 10.0 Å². The Kier molecular flexibility index (Phi) is 6.58. The van der Waals surface area contributed by atoms with E-state index in [1.54, 1.807) is 0 Å². The van der Waals surface area contributed by atoms with Gasteiger partial charge in [-0.15, -0.1) is 0 Å². The summed E-state index contributed by atoms with van der Waals surface area (Å²) in [6, 6.07) is 10.5. The van der Waals surface area contributed by atoms with Crippen LogP contribution in [-0.4, -0.2) is 36.7 Å². The van der Waals surface area contributed by atoms with Gasteiger partial charge < -0.3 is 4.74 Å². The van der Waals surface area contributed by atoms with Gasteiger partial charge in [0.1, 0.15) is 11.9 Å². The Labute approximate surface area is 201 Å². The van der Waals surface area contributed by atoms with Crippen molar-refractivity contribution >= 4 is 10.0 Å². The first-order valence-electron chi connectivity index (χ1n) is 13.6. The summed E-state index contributed by atoms with van der Waals surface area (Å²) >= 11 is 0. The third-order valence-corrected chi connectivity index (χ3v) is 12.1. The maximum Gasteiger partial charge on any atom is 0.215 e. The fraction of sp³-hybridized carbons (Fsp3) is 0.786. The van der Waals surface area contributed by atoms with Crippen LogP contribution < -0.4 is 4.74 Å². The summed E-state index contributed by atoms with van der Waals surface area (Å²) in [5, 5.41) is 0. The summed E-state index contributed by atoms with van der Waals surface area (Å²) in [4.78, 5) is 0. The number of ether oxygens (including phenoxy) is 1. The molecule has 4 aliphatic rings. The van der Waals surface area contributed by atoms with Gasteiger partial charge in [0.15, 0.2) is 0 Å². The Balaban J connectivity index is 1.46. The van der Waals surface area contributed by atoms with Crippen molar-refractivity contribution in [3.05, 3.63) is 30.3 Å². The van der Waals surface area contributed by atoms with Gasteiger partial charge in [-0.3, -0.25) is 0 Å². The molecule has 4 nitrogen and oxygen atoms in total. The molecule has 2 unspecified atom stereocenters. The lowest BCUT2D eigenvalue weighted by Crippen LogP contribution is -2.55. The van der Waals surface area contributed by atoms with Gasteiger partial charge in [-0.1, -0.05) is 70.6 Å². The highest BCUT2D eigenvalue weighted by atomic mass is 32.2. The SMILES string of the molecule is CC1(C)[C@H]2CCC1(CS(=O)(=O)N(C1CCCCC1)C1CCCCC1)C(Oc1ccccc1)C2. The van der Waals surface area contributed by atoms with Crippen LogP contribution in [0.25, 0.3) is 0 Å². The van der Waals surface area contributed by atoms with Crippen LogP contribution in [0.15, 0.2) is 30.3 Å². The molecule has 4 aliphatic carbocycles. The smallest absolute Gasteiger partial charge is 0.215 e. The third kappa shape index (κ3) is 4.26. The summed E-state index contributed by atoms with van der Waals surface area (Å²) in [5.41, 5.74) is -0.335. The lowest BCUT2D eigenvalue weighted by atomic mass is 9.69. The Morgan fingerprint density at radius 3 is 2.00 bits per heavy atom. The summed E-state index contributed by atoms with van der Waals surface area (Å²) in [6.07, 6.45) is 14.4. The van der Waals surface area contributed by atoms with Crippen molar-refractivity contribution in [1.82, 2.24) is 4.31 Å². The predicted octanol–water partition coefficient (Wildman–Crippen LogP) is 6.56. The van der Waals surface area contributed by atoms with E-state index in [-0.39, 0.29) is 34.8 Å². The number of para-hydroxylation sites is 1. The Bertz CT molecular complexity index is 884. The second kappa shape index (κ2) is 9.18. The van der Waals surface area contributed by atoms with E-state index in [1.807, 2.05) is 30.3 Å². The molecule has 5 heteroatoms. The number of nitrogens with zero attached hydrogens (tertiary/aromatic N) is 1. The fourth-order valence-corrected chi connectivity index (χ4v) is 10.8. The van der Waals surface area contributed by atoms with Crippen molar-refractivity contribution in [2.75, 3.05) is 5.75 Å². The van der Waals surface area contributed by atoms with Crippen molar-refractivity contribution in [2.24, 2.45) is 16.7 Å². The molecule has 3 atom stereocenters. The molecule has 4 saturated carbocycles. The van der Waals surface area contributed by atoms with Crippen LogP contribution in [0.1, 0.15) is 97.3 Å². The fourth-order valence-electron chi connectivity index (χ4n) is 7.99. The molecule has 4 fully saturated rings. The first kappa shape index (κ1) is 23.7. The normalized spacial score (nSPS) is 32.9. The molecular formula is C28H43NO3S. The predicted molar refractivity (Wildman–Crippen MR) is 134 cm³/mol. The van der Waals surface area contributed by atoms with Gasteiger partial charge in [0.2, 0.25) is 10.0 Å². The van der Waals surface area contributed by atoms with Crippen molar-refractivity contribution in [1.29, 1.82) is 0 Å². The van der Waals surface area contributed by atoms with Crippen LogP contribution in [0.5, 0.6) is 5.75 Å². The summed E-state index contributed by atoms with van der Waals surface area (Å²) in [6.45, 7) is 4.64. The Morgan fingerprint density at radius 2 is 1.45 bits per heavy atom. The number of fused-ring (bicyclic) bond motifs is 2. The average Bonchev–Trinajstić information content (AvgIpc) is 3.16. The summed E-state index contributed by atoms with van der Waals surface area (Å²) in [7, 11) is -3.39. The largest absolute Gasteiger partial charge is 0.490 e. The summed E-state index contributed by atoms with van der Waals surface area (Å²) < 4.78 is 37.5. The second-order valence-electron chi connectivity index (χ2n) is 11.9. The number of benzene rings is 1. The summed E-state index contributed by atoms with van der Waals surface area (Å²) in [5.74, 6) is 1.67. The van der Waals surface area contributed by atoms with Gasteiger partial charge in [-0.05, 0) is 68.4 Å². The van der Waals surface area contributed by atoms with Crippen LogP contribution in [-0.2, 0) is 10.0 Å². The topological polar surface area (TPSA) is 46.6 Å². The first-order valence-corrected chi connectivity index (χ1v) is 15.2. The van der Waals surface area contributed by atoms with Crippen LogP contribution >= 0.6 is 0 Å². The first-order chi connectivity index (χ1) is 15.8. The van der Waals surface area contributed by atoms with Crippen LogP contribution in [0.3, 0.4) is 0 Å². The van der Waals surface area contributed by atoms with Crippen LogP contribution in [0.4, 0.5) is 0 Å². The van der Waals surface area contributed by atoms with Crippen molar-refractivity contribution in [3.63, 3.8) is 0 Å². The number of hydrogen-bond acceptors (Lipinski definition) is 3. The van der Waals surface area contributed by atoms with Gasteiger partial charge in [0.25, 0.3) is 0 Å². The standard InChI is InChI=1S/C28H43NO3S/c1-27(2)22-18-19-28(27,26(20-22)32-25-16-10-5-11-17-25)21-33(30,31)29(23-12-6-3-7-13-23)24-14-8-4-9-15-24/h5,10-11,16-17,22-24,26H,3-4,6-9,12-15,18-21H2,1-2H3/t22-,26?,28?/m0/s1. The van der Waals surface area contributed by atoms with E-state index in [0.717, 1.165) is 50.7 Å². The molecule has 0 radical (unpaired) electrons. The minimum Gasteiger partial charge on any atom is -0.490 e. The molecule has 33 heavy (non-hydrogen) atoms. The maximum atomic E-state index is 14.4. The average molecular weight is 474 g/mol. The molecule has 0 saturated heterocycles. The van der Waals surface area contributed by atoms with Gasteiger partial charge in [-0.25, -0.2) is 8.42 Å². The molecule has 0 amide bonds. The van der Waals surface area contributed by atoms with Gasteiger partial charge in [0.05, 0.1) is 5.75 Å². The van der Waals surface area contributed by atoms with Gasteiger partial charge in [-0.2, -0.15) is 4.31 Å². The molecule has 0 aliphatic heterocycles. The van der Waals surface area contributed by atoms with Crippen LogP contribution in [0.2, 0.25) is 0 Å². The van der Waals surface area contributed by atoms with E-state index >= 15 is 0 Å². The molecule has 184 valence electrons. The lowest BCUT2D eigenvalue weighted by Gasteiger charge is -2.46. The van der Waals surface area contributed by atoms with Crippen molar-refractivity contribution < 1.29 is 13.2 Å². The van der Waals surface area contributed by atoms with E-state index in [4.69, 9.17) is 4.74 Å². The lowest BCUT2D eigenvalue weighted by molar-refractivity contribution is 0.0308. The highest BCUT2D eigenvalue weighted by Gasteiger charge is 2.67. The molecule has 0 aromatic heterocycles. The van der Waals surface area contributed by atoms with E-state index in [1.165, 1.54) is 38.5 Å². The quantitative estimate of drug-likeness (QED) is 0.451. The molecule has 0 spiro atoms. The zero-order chi connectivity index (χ0) is 23.1. The van der Waals surface area contributed by atoms with Crippen molar-refractivity contribution in [2.45, 2.75) is 116 Å². The minimum atomic E-state index is -3.39. The third-order valence-electron chi connectivity index (χ3n) is 10.0. The van der Waals surface area contributed by atoms with Crippen LogP contribution in [0, 0.1) is 16.7 Å². The highest BCUT2D eigenvalue weighted by Crippen LogP contribution is 2.67.